The van der Waals surface area contributed by atoms with Gasteiger partial charge in [0.25, 0.3) is 5.91 Å². The number of nitrogens with zero attached hydrogens (tertiary/aromatic N) is 1. The number of amides is 1. The number of carboxylic acid groups (broad SMARTS) is 1. The number of carboxylic acids is 1. The summed E-state index contributed by atoms with van der Waals surface area (Å²) in [5.74, 6) is -1.07. The lowest BCUT2D eigenvalue weighted by Gasteiger charge is -2.13. The van der Waals surface area contributed by atoms with Crippen molar-refractivity contribution in [3.63, 3.8) is 0 Å². The maximum Gasteiger partial charge on any atom is 0.341 e. The van der Waals surface area contributed by atoms with Gasteiger partial charge in [0.2, 0.25) is 0 Å². The highest BCUT2D eigenvalue weighted by Crippen LogP contribution is 2.37. The van der Waals surface area contributed by atoms with Crippen LogP contribution in [0.1, 0.15) is 18.1 Å². The monoisotopic (exact) mass is 511 g/mol. The predicted octanol–water partition coefficient (Wildman–Crippen LogP) is 4.06. The zero-order chi connectivity index (χ0) is 23.8. The van der Waals surface area contributed by atoms with E-state index in [1.807, 2.05) is 36.5 Å². The van der Waals surface area contributed by atoms with Gasteiger partial charge in [0.05, 0.1) is 11.1 Å². The summed E-state index contributed by atoms with van der Waals surface area (Å²) in [4.78, 5) is 26.6. The molecule has 0 aliphatic rings. The molecule has 8 nitrogen and oxygen atoms in total. The molecule has 0 atom stereocenters. The first-order valence-corrected chi connectivity index (χ1v) is 11.0. The summed E-state index contributed by atoms with van der Waals surface area (Å²) in [5.41, 5.74) is 2.57. The Balaban J connectivity index is 1.72. The number of aromatic nitrogens is 1. The molecular weight excluding hydrogens is 490 g/mol. The summed E-state index contributed by atoms with van der Waals surface area (Å²) < 4.78 is 11.3. The van der Waals surface area contributed by atoms with Crippen molar-refractivity contribution in [2.45, 2.75) is 13.3 Å². The fourth-order valence-corrected chi connectivity index (χ4v) is 3.84. The summed E-state index contributed by atoms with van der Waals surface area (Å²) >= 11 is 3.34. The Morgan fingerprint density at radius 1 is 1.27 bits per heavy atom. The number of carbonyl (C=O) groups excluding carboxylic acids is 1. The average Bonchev–Trinajstić information content (AvgIpc) is 3.20. The molecule has 1 aromatic heterocycles. The number of carbonyl (C=O) groups is 2. The number of H-pyrrole nitrogens is 1. The fraction of sp³-hybridized carbons (Fsp3) is 0.208. The Labute approximate surface area is 198 Å². The Bertz CT molecular complexity index is 1240. The van der Waals surface area contributed by atoms with Gasteiger partial charge in [-0.15, -0.1) is 0 Å². The molecular formula is C24H22BrN3O5. The van der Waals surface area contributed by atoms with Gasteiger partial charge in [-0.1, -0.05) is 18.2 Å². The largest absolute Gasteiger partial charge is 0.490 e. The summed E-state index contributed by atoms with van der Waals surface area (Å²) in [6, 6.07) is 13.0. The minimum atomic E-state index is -1.12. The number of hydrogen-bond acceptors (Lipinski definition) is 5. The van der Waals surface area contributed by atoms with Crippen molar-refractivity contribution in [1.82, 2.24) is 10.3 Å². The Hall–Kier alpha value is -3.77. The van der Waals surface area contributed by atoms with Crippen molar-refractivity contribution in [3.8, 4) is 17.6 Å². The third kappa shape index (κ3) is 6.14. The standard InChI is InChI=1S/C24H22BrN3O5/c1-2-32-21-11-15(10-19(25)23(21)33-14-22(29)30)9-17(12-26)24(31)27-8-7-16-13-28-20-6-4-3-5-18(16)20/h3-6,9-11,13,28H,2,7-8,14H2,1H3,(H,27,31)(H,29,30)/b17-9-. The smallest absolute Gasteiger partial charge is 0.341 e. The van der Waals surface area contributed by atoms with E-state index >= 15 is 0 Å². The van der Waals surface area contributed by atoms with Gasteiger partial charge in [0, 0.05) is 23.6 Å². The second kappa shape index (κ2) is 11.2. The van der Waals surface area contributed by atoms with Gasteiger partial charge >= 0.3 is 5.97 Å². The SMILES string of the molecule is CCOc1cc(/C=C(/C#N)C(=O)NCCc2c[nH]c3ccccc23)cc(Br)c1OCC(=O)O. The second-order valence-corrected chi connectivity index (χ2v) is 7.83. The third-order valence-electron chi connectivity index (χ3n) is 4.70. The highest BCUT2D eigenvalue weighted by atomic mass is 79.9. The first kappa shape index (κ1) is 23.9. The number of nitrogens with one attached hydrogen (secondary N) is 2. The topological polar surface area (TPSA) is 124 Å². The van der Waals surface area contributed by atoms with E-state index in [1.165, 1.54) is 6.08 Å². The molecule has 0 saturated carbocycles. The number of aliphatic carboxylic acids is 1. The van der Waals surface area contributed by atoms with E-state index in [0.717, 1.165) is 16.5 Å². The maximum atomic E-state index is 12.6. The van der Waals surface area contributed by atoms with E-state index in [9.17, 15) is 14.9 Å². The molecule has 0 radical (unpaired) electrons. The van der Waals surface area contributed by atoms with Crippen LogP contribution in [0.5, 0.6) is 11.5 Å². The van der Waals surface area contributed by atoms with Crippen LogP contribution >= 0.6 is 15.9 Å². The zero-order valence-electron chi connectivity index (χ0n) is 17.9. The number of benzene rings is 2. The summed E-state index contributed by atoms with van der Waals surface area (Å²) in [5, 5.41) is 22.2. The van der Waals surface area contributed by atoms with Crippen LogP contribution in [0.15, 0.2) is 52.6 Å². The van der Waals surface area contributed by atoms with Gasteiger partial charge in [-0.2, -0.15) is 5.26 Å². The number of ether oxygens (including phenoxy) is 2. The minimum absolute atomic E-state index is 0.0671. The number of para-hydroxylation sites is 1. The Morgan fingerprint density at radius 3 is 2.79 bits per heavy atom. The van der Waals surface area contributed by atoms with Crippen molar-refractivity contribution >= 4 is 44.8 Å². The lowest BCUT2D eigenvalue weighted by atomic mass is 10.1. The van der Waals surface area contributed by atoms with E-state index in [2.05, 4.69) is 26.2 Å². The van der Waals surface area contributed by atoms with Crippen molar-refractivity contribution in [1.29, 1.82) is 5.26 Å². The van der Waals surface area contributed by atoms with Crippen molar-refractivity contribution in [2.24, 2.45) is 0 Å². The molecule has 0 spiro atoms. The fourth-order valence-electron chi connectivity index (χ4n) is 3.27. The van der Waals surface area contributed by atoms with Crippen molar-refractivity contribution < 1.29 is 24.2 Å². The van der Waals surface area contributed by atoms with E-state index in [-0.39, 0.29) is 11.3 Å². The van der Waals surface area contributed by atoms with Crippen LogP contribution in [0.3, 0.4) is 0 Å². The van der Waals surface area contributed by atoms with Crippen LogP contribution < -0.4 is 14.8 Å². The second-order valence-electron chi connectivity index (χ2n) is 6.98. The first-order chi connectivity index (χ1) is 15.9. The highest BCUT2D eigenvalue weighted by molar-refractivity contribution is 9.10. The molecule has 170 valence electrons. The number of halogens is 1. The quantitative estimate of drug-likeness (QED) is 0.278. The number of hydrogen-bond donors (Lipinski definition) is 3. The van der Waals surface area contributed by atoms with E-state index in [1.54, 1.807) is 19.1 Å². The van der Waals surface area contributed by atoms with Crippen LogP contribution in [-0.2, 0) is 16.0 Å². The average molecular weight is 512 g/mol. The number of aromatic amines is 1. The molecule has 33 heavy (non-hydrogen) atoms. The van der Waals surface area contributed by atoms with Gasteiger partial charge in [0.15, 0.2) is 18.1 Å². The molecule has 3 N–H and O–H groups in total. The summed E-state index contributed by atoms with van der Waals surface area (Å²) in [7, 11) is 0. The van der Waals surface area contributed by atoms with E-state index < -0.39 is 18.5 Å². The molecule has 0 aliphatic heterocycles. The van der Waals surface area contributed by atoms with Gasteiger partial charge in [0.1, 0.15) is 11.6 Å². The van der Waals surface area contributed by atoms with E-state index in [4.69, 9.17) is 14.6 Å². The maximum absolute atomic E-state index is 12.6. The summed E-state index contributed by atoms with van der Waals surface area (Å²) in [6.45, 7) is 1.94. The Kier molecular flexibility index (Phi) is 8.11. The molecule has 0 saturated heterocycles. The Morgan fingerprint density at radius 2 is 2.06 bits per heavy atom. The molecule has 0 bridgehead atoms. The zero-order valence-corrected chi connectivity index (χ0v) is 19.4. The van der Waals surface area contributed by atoms with Crippen LogP contribution in [0, 0.1) is 11.3 Å². The number of nitriles is 1. The first-order valence-electron chi connectivity index (χ1n) is 10.2. The third-order valence-corrected chi connectivity index (χ3v) is 5.29. The molecule has 0 unspecified atom stereocenters. The van der Waals surface area contributed by atoms with Crippen LogP contribution in [0.2, 0.25) is 0 Å². The summed E-state index contributed by atoms with van der Waals surface area (Å²) in [6.07, 6.45) is 3.97. The number of rotatable bonds is 10. The van der Waals surface area contributed by atoms with Crippen LogP contribution in [-0.4, -0.2) is 41.7 Å². The number of fused-ring (bicyclic) bond motifs is 1. The normalized spacial score (nSPS) is 11.1. The minimum Gasteiger partial charge on any atom is -0.490 e. The molecule has 3 aromatic rings. The lowest BCUT2D eigenvalue weighted by molar-refractivity contribution is -0.139. The van der Waals surface area contributed by atoms with Crippen molar-refractivity contribution in [2.75, 3.05) is 19.8 Å². The van der Waals surface area contributed by atoms with Gasteiger partial charge in [-0.3, -0.25) is 4.79 Å². The van der Waals surface area contributed by atoms with Gasteiger partial charge in [-0.25, -0.2) is 4.79 Å². The molecule has 1 heterocycles. The molecule has 1 amide bonds. The van der Waals surface area contributed by atoms with Crippen LogP contribution in [0.25, 0.3) is 17.0 Å². The molecule has 0 aliphatic carbocycles. The van der Waals surface area contributed by atoms with Gasteiger partial charge in [-0.05, 0) is 64.7 Å². The lowest BCUT2D eigenvalue weighted by Crippen LogP contribution is -2.26. The highest BCUT2D eigenvalue weighted by Gasteiger charge is 2.15. The van der Waals surface area contributed by atoms with Gasteiger partial charge < -0.3 is 24.9 Å². The van der Waals surface area contributed by atoms with E-state index in [0.29, 0.717) is 35.4 Å². The molecule has 0 fully saturated rings. The molecule has 3 rings (SSSR count). The van der Waals surface area contributed by atoms with Crippen molar-refractivity contribution in [3.05, 3.63) is 63.8 Å². The predicted molar refractivity (Wildman–Crippen MR) is 127 cm³/mol. The van der Waals surface area contributed by atoms with Crippen LogP contribution in [0.4, 0.5) is 0 Å². The molecule has 9 heteroatoms. The molecule has 2 aromatic carbocycles.